The zero-order valence-electron chi connectivity index (χ0n) is 38.8. The predicted molar refractivity (Wildman–Crippen MR) is 296 cm³/mol. The fraction of sp³-hybridized carbons (Fsp3) is 0.0448. The molecule has 328 valence electrons. The smallest absolute Gasteiger partial charge is 0.264 e. The van der Waals surface area contributed by atoms with Gasteiger partial charge in [-0.25, -0.2) is 0 Å². The van der Waals surface area contributed by atoms with Gasteiger partial charge in [0.15, 0.2) is 0 Å². The van der Waals surface area contributed by atoms with Gasteiger partial charge in [0.2, 0.25) is 0 Å². The summed E-state index contributed by atoms with van der Waals surface area (Å²) in [5.74, 6) is 0. The highest BCUT2D eigenvalue weighted by molar-refractivity contribution is 7.30. The number of fused-ring (bicyclic) bond motifs is 25. The minimum Gasteiger partial charge on any atom is -0.311 e. The van der Waals surface area contributed by atoms with Crippen LogP contribution >= 0.6 is 11.3 Å². The normalized spacial score (nSPS) is 15.3. The second kappa shape index (κ2) is 13.5. The minimum absolute atomic E-state index is 0.0469. The molecule has 4 aliphatic carbocycles. The van der Waals surface area contributed by atoms with Crippen LogP contribution in [0.5, 0.6) is 0 Å². The van der Waals surface area contributed by atoms with E-state index in [1.165, 1.54) is 138 Å². The van der Waals surface area contributed by atoms with Crippen LogP contribution in [0.25, 0.3) is 44.5 Å². The van der Waals surface area contributed by atoms with E-state index in [2.05, 4.69) is 259 Å². The van der Waals surface area contributed by atoms with Gasteiger partial charge in [-0.3, -0.25) is 0 Å². The van der Waals surface area contributed by atoms with Gasteiger partial charge in [0.25, 0.3) is 6.71 Å². The van der Waals surface area contributed by atoms with Crippen molar-refractivity contribution in [1.29, 1.82) is 0 Å². The van der Waals surface area contributed by atoms with E-state index < -0.39 is 10.8 Å². The van der Waals surface area contributed by atoms with Crippen molar-refractivity contribution < 1.29 is 0 Å². The summed E-state index contributed by atoms with van der Waals surface area (Å²) in [6.07, 6.45) is 0. The molecule has 0 saturated heterocycles. The lowest BCUT2D eigenvalue weighted by atomic mass is 9.36. The molecule has 4 heteroatoms. The zero-order valence-corrected chi connectivity index (χ0v) is 39.6. The molecule has 2 aliphatic heterocycles. The Hall–Kier alpha value is -8.44. The molecular weight excluding hydrogens is 876 g/mol. The molecular formula is C67H41BN2S. The fourth-order valence-electron chi connectivity index (χ4n) is 14.7. The summed E-state index contributed by atoms with van der Waals surface area (Å²) in [4.78, 5) is 6.68. The second-order valence-electron chi connectivity index (χ2n) is 20.2. The van der Waals surface area contributed by atoms with Gasteiger partial charge >= 0.3 is 0 Å². The molecule has 0 N–H and O–H groups in total. The SMILES string of the molecule is Cc1cc2c3c(c1)N(c1ccccc1)c1c(sc4c1-c1ccccc1C41c4ccccc4-c4ccccc41)B3c1cc3c(cc1N2c1ccccc1)C1(c2ccccc2-c2ccccc21)c1ccccc1-3. The Morgan fingerprint density at radius 2 is 0.775 bits per heavy atom. The second-order valence-corrected chi connectivity index (χ2v) is 21.3. The fourth-order valence-corrected chi connectivity index (χ4v) is 16.3. The number of rotatable bonds is 2. The van der Waals surface area contributed by atoms with Crippen LogP contribution in [0.1, 0.15) is 49.4 Å². The summed E-state index contributed by atoms with van der Waals surface area (Å²) in [5.41, 5.74) is 30.6. The molecule has 2 nitrogen and oxygen atoms in total. The number of hydrogen-bond acceptors (Lipinski definition) is 3. The highest BCUT2D eigenvalue weighted by atomic mass is 32.1. The summed E-state index contributed by atoms with van der Waals surface area (Å²) in [5, 5.41) is 0. The van der Waals surface area contributed by atoms with Crippen molar-refractivity contribution in [3.05, 3.63) is 280 Å². The molecule has 0 saturated carbocycles. The van der Waals surface area contributed by atoms with E-state index in [0.717, 1.165) is 5.69 Å². The van der Waals surface area contributed by atoms with Crippen molar-refractivity contribution in [3.63, 3.8) is 0 Å². The maximum atomic E-state index is 2.65. The minimum atomic E-state index is -0.472. The molecule has 17 rings (SSSR count). The van der Waals surface area contributed by atoms with Crippen LogP contribution in [-0.2, 0) is 10.8 Å². The van der Waals surface area contributed by atoms with Crippen LogP contribution in [0.2, 0.25) is 0 Å². The van der Waals surface area contributed by atoms with Gasteiger partial charge in [-0.15, -0.1) is 11.3 Å². The van der Waals surface area contributed by atoms with Crippen LogP contribution < -0.4 is 25.5 Å². The summed E-state index contributed by atoms with van der Waals surface area (Å²) in [6, 6.07) is 88.0. The van der Waals surface area contributed by atoms with Gasteiger partial charge in [-0.05, 0) is 144 Å². The molecule has 0 atom stereocenters. The number of hydrogen-bond donors (Lipinski definition) is 0. The number of anilines is 6. The summed E-state index contributed by atoms with van der Waals surface area (Å²) in [7, 11) is 0. The highest BCUT2D eigenvalue weighted by Gasteiger charge is 2.58. The topological polar surface area (TPSA) is 6.48 Å². The summed E-state index contributed by atoms with van der Waals surface area (Å²) >= 11 is 2.07. The Bertz CT molecular complexity index is 4080. The monoisotopic (exact) mass is 916 g/mol. The van der Waals surface area contributed by atoms with E-state index in [9.17, 15) is 0 Å². The molecule has 0 amide bonds. The van der Waals surface area contributed by atoms with Gasteiger partial charge in [-0.1, -0.05) is 188 Å². The predicted octanol–water partition coefficient (Wildman–Crippen LogP) is 14.8. The lowest BCUT2D eigenvalue weighted by Gasteiger charge is -2.44. The van der Waals surface area contributed by atoms with Crippen LogP contribution in [0.4, 0.5) is 34.1 Å². The van der Waals surface area contributed by atoms with E-state index in [4.69, 9.17) is 0 Å². The van der Waals surface area contributed by atoms with E-state index >= 15 is 0 Å². The first kappa shape index (κ1) is 38.4. The Labute approximate surface area is 417 Å². The lowest BCUT2D eigenvalue weighted by Crippen LogP contribution is -2.60. The van der Waals surface area contributed by atoms with E-state index in [0.29, 0.717) is 0 Å². The average Bonchev–Trinajstić information content (AvgIpc) is 4.20. The Kier molecular flexibility index (Phi) is 7.28. The molecule has 0 unspecified atom stereocenters. The number of benzene rings is 10. The van der Waals surface area contributed by atoms with E-state index in [-0.39, 0.29) is 6.71 Å². The van der Waals surface area contributed by atoms with E-state index in [1.807, 2.05) is 0 Å². The molecule has 71 heavy (non-hydrogen) atoms. The van der Waals surface area contributed by atoms with Crippen LogP contribution in [0.15, 0.2) is 231 Å². The first-order valence-corrected chi connectivity index (χ1v) is 25.8. The third kappa shape index (κ3) is 4.45. The van der Waals surface area contributed by atoms with E-state index in [1.54, 1.807) is 0 Å². The molecule has 0 radical (unpaired) electrons. The molecule has 10 aromatic carbocycles. The third-order valence-electron chi connectivity index (χ3n) is 17.1. The molecule has 6 aliphatic rings. The van der Waals surface area contributed by atoms with Gasteiger partial charge < -0.3 is 9.80 Å². The van der Waals surface area contributed by atoms with Crippen LogP contribution in [0.3, 0.4) is 0 Å². The Morgan fingerprint density at radius 3 is 1.30 bits per heavy atom. The maximum absolute atomic E-state index is 2.65. The van der Waals surface area contributed by atoms with Crippen molar-refractivity contribution in [2.24, 2.45) is 0 Å². The molecule has 11 aromatic rings. The number of aryl methyl sites for hydroxylation is 1. The first-order chi connectivity index (χ1) is 35.2. The molecule has 1 aromatic heterocycles. The van der Waals surface area contributed by atoms with Crippen molar-refractivity contribution >= 4 is 67.9 Å². The van der Waals surface area contributed by atoms with Crippen molar-refractivity contribution in [3.8, 4) is 44.5 Å². The van der Waals surface area contributed by atoms with Crippen molar-refractivity contribution in [1.82, 2.24) is 0 Å². The quantitative estimate of drug-likeness (QED) is 0.159. The third-order valence-corrected chi connectivity index (χ3v) is 18.4. The Balaban J connectivity index is 1.03. The zero-order chi connectivity index (χ0) is 46.3. The Morgan fingerprint density at radius 1 is 0.366 bits per heavy atom. The number of para-hydroxylation sites is 2. The van der Waals surface area contributed by atoms with Gasteiger partial charge in [0.1, 0.15) is 0 Å². The van der Waals surface area contributed by atoms with Gasteiger partial charge in [-0.2, -0.15) is 0 Å². The molecule has 0 fully saturated rings. The van der Waals surface area contributed by atoms with Crippen LogP contribution in [-0.4, -0.2) is 6.71 Å². The average molecular weight is 917 g/mol. The molecule has 2 spiro atoms. The summed E-state index contributed by atoms with van der Waals surface area (Å²) in [6.45, 7) is 2.24. The highest BCUT2D eigenvalue weighted by Crippen LogP contribution is 2.68. The number of thiophene rings is 1. The molecule has 3 heterocycles. The first-order valence-electron chi connectivity index (χ1n) is 25.0. The van der Waals surface area contributed by atoms with Crippen LogP contribution in [0, 0.1) is 6.92 Å². The van der Waals surface area contributed by atoms with Crippen molar-refractivity contribution in [2.75, 3.05) is 9.80 Å². The lowest BCUT2D eigenvalue weighted by molar-refractivity contribution is 0.794. The van der Waals surface area contributed by atoms with Crippen molar-refractivity contribution in [2.45, 2.75) is 17.8 Å². The standard InChI is InChI=1S/C67H41BN2S/c1-40-36-59-62-60(37-40)70(42-22-6-3-7-23-42)63-61-48-29-13-19-35-55(48)67(53-33-17-10-26-45(53)46-27-11-18-34-54(46)67)64(61)71-65(63)68(62)57-38-49-47-28-12-16-32-52(47)66(56(49)39-58(57)69(59)41-20-4-2-5-21-41)50-30-14-8-24-43(50)44-25-9-15-31-51(44)66/h2-39H,1H3. The van der Waals surface area contributed by atoms with Gasteiger partial charge in [0.05, 0.1) is 16.5 Å². The molecule has 0 bridgehead atoms. The number of nitrogens with zero attached hydrogens (tertiary/aromatic N) is 2. The van der Waals surface area contributed by atoms with Gasteiger partial charge in [0, 0.05) is 43.7 Å². The largest absolute Gasteiger partial charge is 0.311 e. The summed E-state index contributed by atoms with van der Waals surface area (Å²) < 4.78 is 1.40. The maximum Gasteiger partial charge on any atom is 0.264 e.